The molecule has 25 heavy (non-hydrogen) atoms. The smallest absolute Gasteiger partial charge is 0.335 e. The van der Waals surface area contributed by atoms with Crippen LogP contribution in [0.1, 0.15) is 15.9 Å². The zero-order valence-electron chi connectivity index (χ0n) is 13.5. The Hall–Kier alpha value is -3.11. The number of benzene rings is 3. The van der Waals surface area contributed by atoms with Crippen molar-refractivity contribution in [3.63, 3.8) is 0 Å². The molecule has 0 radical (unpaired) electrons. The standard InChI is InChI=1S/C21H17NO3/c23-12-11-14-5-8-16(9-6-14)22-19-4-2-1-3-17(19)18-13-15(21(24)25)7-10-20(18)22/h1-10,13,23H,11-12H2,(H,24,25). The van der Waals surface area contributed by atoms with Gasteiger partial charge < -0.3 is 14.8 Å². The van der Waals surface area contributed by atoms with Gasteiger partial charge >= 0.3 is 5.97 Å². The van der Waals surface area contributed by atoms with Crippen LogP contribution in [0, 0.1) is 0 Å². The number of carboxylic acids is 1. The van der Waals surface area contributed by atoms with Gasteiger partial charge in [-0.25, -0.2) is 4.79 Å². The number of aliphatic hydroxyl groups is 1. The highest BCUT2D eigenvalue weighted by atomic mass is 16.4. The van der Waals surface area contributed by atoms with Crippen LogP contribution in [0.3, 0.4) is 0 Å². The Bertz CT molecular complexity index is 1080. The second kappa shape index (κ2) is 6.07. The molecule has 0 aliphatic carbocycles. The van der Waals surface area contributed by atoms with E-state index in [1.54, 1.807) is 12.1 Å². The Morgan fingerprint density at radius 1 is 0.880 bits per heavy atom. The lowest BCUT2D eigenvalue weighted by Gasteiger charge is -2.09. The van der Waals surface area contributed by atoms with Crippen molar-refractivity contribution in [2.45, 2.75) is 6.42 Å². The molecule has 1 aromatic heterocycles. The Kier molecular flexibility index (Phi) is 3.75. The number of aliphatic hydroxyl groups excluding tert-OH is 1. The number of aromatic nitrogens is 1. The predicted octanol–water partition coefficient (Wildman–Crippen LogP) is 4.02. The van der Waals surface area contributed by atoms with Gasteiger partial charge in [0.15, 0.2) is 0 Å². The Balaban J connectivity index is 1.99. The van der Waals surface area contributed by atoms with E-state index in [-0.39, 0.29) is 12.2 Å². The summed E-state index contributed by atoms with van der Waals surface area (Å²) in [5.74, 6) is -0.924. The molecule has 0 saturated heterocycles. The molecule has 4 rings (SSSR count). The summed E-state index contributed by atoms with van der Waals surface area (Å²) >= 11 is 0. The van der Waals surface area contributed by atoms with Crippen molar-refractivity contribution in [1.29, 1.82) is 0 Å². The van der Waals surface area contributed by atoms with Crippen molar-refractivity contribution in [3.8, 4) is 5.69 Å². The molecule has 0 fully saturated rings. The maximum Gasteiger partial charge on any atom is 0.335 e. The maximum atomic E-state index is 11.3. The normalized spacial score (nSPS) is 11.2. The molecule has 4 aromatic rings. The van der Waals surface area contributed by atoms with Gasteiger partial charge in [0.25, 0.3) is 0 Å². The van der Waals surface area contributed by atoms with Crippen LogP contribution in [0.5, 0.6) is 0 Å². The lowest BCUT2D eigenvalue weighted by atomic mass is 10.1. The molecular weight excluding hydrogens is 314 g/mol. The summed E-state index contributed by atoms with van der Waals surface area (Å²) in [5, 5.41) is 20.3. The van der Waals surface area contributed by atoms with E-state index in [0.29, 0.717) is 6.42 Å². The summed E-state index contributed by atoms with van der Waals surface area (Å²) in [6.07, 6.45) is 0.634. The predicted molar refractivity (Wildman–Crippen MR) is 98.5 cm³/mol. The average molecular weight is 331 g/mol. The minimum atomic E-state index is -0.924. The summed E-state index contributed by atoms with van der Waals surface area (Å²) in [7, 11) is 0. The van der Waals surface area contributed by atoms with Crippen LogP contribution in [0.15, 0.2) is 66.7 Å². The number of hydrogen-bond donors (Lipinski definition) is 2. The SMILES string of the molecule is O=C(O)c1ccc2c(c1)c1ccccc1n2-c1ccc(CCO)cc1. The van der Waals surface area contributed by atoms with E-state index in [9.17, 15) is 9.90 Å². The molecule has 0 saturated carbocycles. The number of carboxylic acid groups (broad SMARTS) is 1. The second-order valence-corrected chi connectivity index (χ2v) is 6.03. The highest BCUT2D eigenvalue weighted by Gasteiger charge is 2.14. The number of para-hydroxylation sites is 1. The molecule has 0 bridgehead atoms. The molecule has 0 aliphatic rings. The number of nitrogens with zero attached hydrogens (tertiary/aromatic N) is 1. The lowest BCUT2D eigenvalue weighted by Crippen LogP contribution is -1.97. The van der Waals surface area contributed by atoms with Crippen molar-refractivity contribution in [3.05, 3.63) is 77.9 Å². The van der Waals surface area contributed by atoms with Crippen molar-refractivity contribution >= 4 is 27.8 Å². The fourth-order valence-electron chi connectivity index (χ4n) is 3.32. The Morgan fingerprint density at radius 3 is 2.32 bits per heavy atom. The van der Waals surface area contributed by atoms with Crippen molar-refractivity contribution in [2.75, 3.05) is 6.61 Å². The molecule has 1 heterocycles. The highest BCUT2D eigenvalue weighted by molar-refractivity contribution is 6.11. The van der Waals surface area contributed by atoms with E-state index in [1.807, 2.05) is 54.6 Å². The van der Waals surface area contributed by atoms with Gasteiger partial charge in [0, 0.05) is 23.1 Å². The van der Waals surface area contributed by atoms with E-state index in [4.69, 9.17) is 5.11 Å². The maximum absolute atomic E-state index is 11.3. The van der Waals surface area contributed by atoms with Crippen LogP contribution < -0.4 is 0 Å². The molecule has 0 unspecified atom stereocenters. The van der Waals surface area contributed by atoms with Crippen molar-refractivity contribution < 1.29 is 15.0 Å². The van der Waals surface area contributed by atoms with Crippen LogP contribution in [0.2, 0.25) is 0 Å². The third-order valence-corrected chi connectivity index (χ3v) is 4.51. The van der Waals surface area contributed by atoms with Gasteiger partial charge in [-0.05, 0) is 48.4 Å². The largest absolute Gasteiger partial charge is 0.478 e. The van der Waals surface area contributed by atoms with E-state index >= 15 is 0 Å². The van der Waals surface area contributed by atoms with E-state index in [1.165, 1.54) is 0 Å². The summed E-state index contributed by atoms with van der Waals surface area (Å²) in [6.45, 7) is 0.132. The first kappa shape index (κ1) is 15.4. The lowest BCUT2D eigenvalue weighted by molar-refractivity contribution is 0.0697. The first-order valence-electron chi connectivity index (χ1n) is 8.16. The first-order chi connectivity index (χ1) is 12.2. The van der Waals surface area contributed by atoms with Gasteiger partial charge in [-0.1, -0.05) is 30.3 Å². The second-order valence-electron chi connectivity index (χ2n) is 6.03. The number of carbonyl (C=O) groups is 1. The Labute approximate surface area is 144 Å². The summed E-state index contributed by atoms with van der Waals surface area (Å²) in [6, 6.07) is 21.3. The minimum absolute atomic E-state index is 0.132. The molecule has 3 aromatic carbocycles. The monoisotopic (exact) mass is 331 g/mol. The molecule has 4 nitrogen and oxygen atoms in total. The van der Waals surface area contributed by atoms with Crippen LogP contribution in [-0.4, -0.2) is 27.4 Å². The first-order valence-corrected chi connectivity index (χ1v) is 8.16. The van der Waals surface area contributed by atoms with Crippen LogP contribution >= 0.6 is 0 Å². The Morgan fingerprint density at radius 2 is 1.60 bits per heavy atom. The van der Waals surface area contributed by atoms with Crippen LogP contribution in [-0.2, 0) is 6.42 Å². The van der Waals surface area contributed by atoms with Crippen molar-refractivity contribution in [2.24, 2.45) is 0 Å². The fourth-order valence-corrected chi connectivity index (χ4v) is 3.32. The number of rotatable bonds is 4. The van der Waals surface area contributed by atoms with Crippen LogP contribution in [0.25, 0.3) is 27.5 Å². The van der Waals surface area contributed by atoms with E-state index in [0.717, 1.165) is 33.1 Å². The average Bonchev–Trinajstić information content (AvgIpc) is 2.96. The van der Waals surface area contributed by atoms with Crippen molar-refractivity contribution in [1.82, 2.24) is 4.57 Å². The molecule has 0 spiro atoms. The van der Waals surface area contributed by atoms with Gasteiger partial charge in [0.05, 0.1) is 16.6 Å². The highest BCUT2D eigenvalue weighted by Crippen LogP contribution is 2.32. The summed E-state index contributed by atoms with van der Waals surface area (Å²) in [4.78, 5) is 11.3. The van der Waals surface area contributed by atoms with Gasteiger partial charge in [-0.2, -0.15) is 0 Å². The zero-order chi connectivity index (χ0) is 17.4. The van der Waals surface area contributed by atoms with Gasteiger partial charge in [0.2, 0.25) is 0 Å². The van der Waals surface area contributed by atoms with Gasteiger partial charge in [-0.15, -0.1) is 0 Å². The molecule has 2 N–H and O–H groups in total. The van der Waals surface area contributed by atoms with E-state index < -0.39 is 5.97 Å². The molecule has 4 heteroatoms. The number of fused-ring (bicyclic) bond motifs is 3. The molecule has 0 aliphatic heterocycles. The van der Waals surface area contributed by atoms with Gasteiger partial charge in [0.1, 0.15) is 0 Å². The molecule has 124 valence electrons. The molecular formula is C21H17NO3. The topological polar surface area (TPSA) is 62.5 Å². The zero-order valence-corrected chi connectivity index (χ0v) is 13.5. The third-order valence-electron chi connectivity index (χ3n) is 4.51. The molecule has 0 amide bonds. The third kappa shape index (κ3) is 2.57. The van der Waals surface area contributed by atoms with Gasteiger partial charge in [-0.3, -0.25) is 0 Å². The summed E-state index contributed by atoms with van der Waals surface area (Å²) < 4.78 is 2.14. The van der Waals surface area contributed by atoms with Crippen LogP contribution in [0.4, 0.5) is 0 Å². The fraction of sp³-hybridized carbons (Fsp3) is 0.0952. The number of aromatic carboxylic acids is 1. The summed E-state index contributed by atoms with van der Waals surface area (Å²) in [5.41, 5.74) is 4.39. The molecule has 0 atom stereocenters. The quantitative estimate of drug-likeness (QED) is 0.594. The number of hydrogen-bond acceptors (Lipinski definition) is 2. The van der Waals surface area contributed by atoms with E-state index in [2.05, 4.69) is 4.57 Å². The minimum Gasteiger partial charge on any atom is -0.478 e.